The number of ether oxygens (including phenoxy) is 2. The minimum Gasteiger partial charge on any atom is -0.489 e. The van der Waals surface area contributed by atoms with Gasteiger partial charge in [0.2, 0.25) is 0 Å². The number of carbonyl (C=O) groups is 1. The molecule has 1 aromatic rings. The van der Waals surface area contributed by atoms with Gasteiger partial charge >= 0.3 is 5.97 Å². The fourth-order valence-electron chi connectivity index (χ4n) is 1.28. The van der Waals surface area contributed by atoms with Crippen LogP contribution in [0.5, 0.6) is 5.75 Å². The number of hydrogen-bond donors (Lipinski definition) is 0. The van der Waals surface area contributed by atoms with E-state index < -0.39 is 5.97 Å². The van der Waals surface area contributed by atoms with Crippen LogP contribution in [0.4, 0.5) is 0 Å². The average molecular weight is 218 g/mol. The van der Waals surface area contributed by atoms with Crippen molar-refractivity contribution in [3.63, 3.8) is 0 Å². The molecule has 0 spiro atoms. The standard InChI is InChI=1S/C13H14O3/c1-5-10-7-6-8-11(13(14)15-4)12(10)16-9(2)3/h1,6-9H,2-4H3. The van der Waals surface area contributed by atoms with Crippen LogP contribution in [0.3, 0.4) is 0 Å². The van der Waals surface area contributed by atoms with E-state index in [0.717, 1.165) is 0 Å². The van der Waals surface area contributed by atoms with E-state index in [1.165, 1.54) is 7.11 Å². The lowest BCUT2D eigenvalue weighted by molar-refractivity contribution is 0.0594. The molecule has 0 fully saturated rings. The Balaban J connectivity index is 3.27. The lowest BCUT2D eigenvalue weighted by Crippen LogP contribution is -2.12. The fraction of sp³-hybridized carbons (Fsp3) is 0.308. The molecule has 0 aromatic heterocycles. The maximum Gasteiger partial charge on any atom is 0.341 e. The first-order valence-electron chi connectivity index (χ1n) is 4.94. The molecule has 0 saturated carbocycles. The van der Waals surface area contributed by atoms with E-state index in [0.29, 0.717) is 16.9 Å². The summed E-state index contributed by atoms with van der Waals surface area (Å²) in [5, 5.41) is 0. The van der Waals surface area contributed by atoms with E-state index in [1.807, 2.05) is 13.8 Å². The lowest BCUT2D eigenvalue weighted by atomic mass is 10.1. The van der Waals surface area contributed by atoms with Gasteiger partial charge in [0.05, 0.1) is 18.8 Å². The van der Waals surface area contributed by atoms with Crippen molar-refractivity contribution in [2.24, 2.45) is 0 Å². The number of methoxy groups -OCH3 is 1. The van der Waals surface area contributed by atoms with Crippen molar-refractivity contribution in [1.29, 1.82) is 0 Å². The maximum atomic E-state index is 11.5. The second-order valence-electron chi connectivity index (χ2n) is 3.48. The highest BCUT2D eigenvalue weighted by atomic mass is 16.5. The van der Waals surface area contributed by atoms with E-state index in [2.05, 4.69) is 10.7 Å². The fourth-order valence-corrected chi connectivity index (χ4v) is 1.28. The number of benzene rings is 1. The van der Waals surface area contributed by atoms with Gasteiger partial charge in [-0.05, 0) is 26.0 Å². The van der Waals surface area contributed by atoms with Crippen molar-refractivity contribution in [1.82, 2.24) is 0 Å². The van der Waals surface area contributed by atoms with E-state index in [4.69, 9.17) is 11.2 Å². The minimum absolute atomic E-state index is 0.0575. The molecule has 0 aliphatic rings. The molecule has 0 radical (unpaired) electrons. The molecule has 1 rings (SSSR count). The Morgan fingerprint density at radius 1 is 1.44 bits per heavy atom. The SMILES string of the molecule is C#Cc1cccc(C(=O)OC)c1OC(C)C. The van der Waals surface area contributed by atoms with Crippen LogP contribution in [-0.2, 0) is 4.74 Å². The molecule has 0 aliphatic carbocycles. The Morgan fingerprint density at radius 2 is 2.12 bits per heavy atom. The van der Waals surface area contributed by atoms with Gasteiger partial charge < -0.3 is 9.47 Å². The van der Waals surface area contributed by atoms with Gasteiger partial charge in [0, 0.05) is 0 Å². The quantitative estimate of drug-likeness (QED) is 0.576. The number of para-hydroxylation sites is 1. The molecule has 0 unspecified atom stereocenters. The zero-order chi connectivity index (χ0) is 12.1. The highest BCUT2D eigenvalue weighted by Gasteiger charge is 2.16. The van der Waals surface area contributed by atoms with Crippen LogP contribution < -0.4 is 4.74 Å². The van der Waals surface area contributed by atoms with Gasteiger partial charge in [0.1, 0.15) is 11.3 Å². The maximum absolute atomic E-state index is 11.5. The Labute approximate surface area is 95.4 Å². The van der Waals surface area contributed by atoms with E-state index >= 15 is 0 Å². The normalized spacial score (nSPS) is 9.69. The smallest absolute Gasteiger partial charge is 0.341 e. The first-order chi connectivity index (χ1) is 7.60. The predicted molar refractivity (Wildman–Crippen MR) is 61.5 cm³/mol. The van der Waals surface area contributed by atoms with E-state index in [9.17, 15) is 4.79 Å². The highest BCUT2D eigenvalue weighted by molar-refractivity contribution is 5.93. The zero-order valence-corrected chi connectivity index (χ0v) is 9.61. The van der Waals surface area contributed by atoms with Crippen LogP contribution in [-0.4, -0.2) is 19.2 Å². The monoisotopic (exact) mass is 218 g/mol. The third-order valence-corrected chi connectivity index (χ3v) is 1.93. The Bertz CT molecular complexity index is 427. The third kappa shape index (κ3) is 2.54. The van der Waals surface area contributed by atoms with Crippen molar-refractivity contribution < 1.29 is 14.3 Å². The first kappa shape index (κ1) is 12.1. The molecule has 0 atom stereocenters. The van der Waals surface area contributed by atoms with E-state index in [1.54, 1.807) is 18.2 Å². The van der Waals surface area contributed by atoms with Crippen molar-refractivity contribution in [3.05, 3.63) is 29.3 Å². The molecular weight excluding hydrogens is 204 g/mol. The summed E-state index contributed by atoms with van der Waals surface area (Å²) in [6.45, 7) is 3.74. The molecule has 0 heterocycles. The van der Waals surface area contributed by atoms with E-state index in [-0.39, 0.29) is 6.10 Å². The molecule has 16 heavy (non-hydrogen) atoms. The number of carbonyl (C=O) groups excluding carboxylic acids is 1. The first-order valence-corrected chi connectivity index (χ1v) is 4.94. The van der Waals surface area contributed by atoms with Crippen molar-refractivity contribution in [2.45, 2.75) is 20.0 Å². The van der Waals surface area contributed by atoms with Gasteiger partial charge in [-0.15, -0.1) is 6.42 Å². The van der Waals surface area contributed by atoms with Gasteiger partial charge in [-0.2, -0.15) is 0 Å². The summed E-state index contributed by atoms with van der Waals surface area (Å²) in [5.41, 5.74) is 0.906. The Kier molecular flexibility index (Phi) is 3.96. The molecule has 0 N–H and O–H groups in total. The largest absolute Gasteiger partial charge is 0.489 e. The van der Waals surface area contributed by atoms with Gasteiger partial charge in [-0.25, -0.2) is 4.79 Å². The molecule has 0 aliphatic heterocycles. The molecule has 84 valence electrons. The van der Waals surface area contributed by atoms with Crippen LogP contribution in [0.25, 0.3) is 0 Å². The Morgan fingerprint density at radius 3 is 2.62 bits per heavy atom. The summed E-state index contributed by atoms with van der Waals surface area (Å²) in [4.78, 5) is 11.5. The number of rotatable bonds is 3. The van der Waals surface area contributed by atoms with Crippen LogP contribution in [0.15, 0.2) is 18.2 Å². The lowest BCUT2D eigenvalue weighted by Gasteiger charge is -2.14. The topological polar surface area (TPSA) is 35.5 Å². The number of esters is 1. The zero-order valence-electron chi connectivity index (χ0n) is 9.61. The van der Waals surface area contributed by atoms with Gasteiger partial charge in [-0.3, -0.25) is 0 Å². The molecule has 3 nitrogen and oxygen atoms in total. The average Bonchev–Trinajstić information content (AvgIpc) is 2.27. The molecule has 0 amide bonds. The summed E-state index contributed by atoms with van der Waals surface area (Å²) in [6, 6.07) is 5.06. The van der Waals surface area contributed by atoms with Crippen LogP contribution >= 0.6 is 0 Å². The Hall–Kier alpha value is -1.95. The van der Waals surface area contributed by atoms with Crippen molar-refractivity contribution in [3.8, 4) is 18.1 Å². The second-order valence-corrected chi connectivity index (χ2v) is 3.48. The van der Waals surface area contributed by atoms with Crippen molar-refractivity contribution in [2.75, 3.05) is 7.11 Å². The summed E-state index contributed by atoms with van der Waals surface area (Å²) in [5.74, 6) is 2.45. The molecule has 0 bridgehead atoms. The van der Waals surface area contributed by atoms with Gasteiger partial charge in [0.15, 0.2) is 0 Å². The summed E-state index contributed by atoms with van der Waals surface area (Å²) in [7, 11) is 1.32. The summed E-state index contributed by atoms with van der Waals surface area (Å²) < 4.78 is 10.2. The molecule has 1 aromatic carbocycles. The summed E-state index contributed by atoms with van der Waals surface area (Å²) >= 11 is 0. The molecule has 3 heteroatoms. The van der Waals surface area contributed by atoms with Gasteiger partial charge in [-0.1, -0.05) is 12.0 Å². The highest BCUT2D eigenvalue weighted by Crippen LogP contribution is 2.25. The number of terminal acetylenes is 1. The molecule has 0 saturated heterocycles. The van der Waals surface area contributed by atoms with Crippen LogP contribution in [0, 0.1) is 12.3 Å². The van der Waals surface area contributed by atoms with Gasteiger partial charge in [0.25, 0.3) is 0 Å². The predicted octanol–water partition coefficient (Wildman–Crippen LogP) is 2.24. The van der Waals surface area contributed by atoms with Crippen molar-refractivity contribution >= 4 is 5.97 Å². The summed E-state index contributed by atoms with van der Waals surface area (Å²) in [6.07, 6.45) is 5.30. The number of hydrogen-bond acceptors (Lipinski definition) is 3. The minimum atomic E-state index is -0.451. The molecular formula is C13H14O3. The van der Waals surface area contributed by atoms with Crippen LogP contribution in [0.2, 0.25) is 0 Å². The third-order valence-electron chi connectivity index (χ3n) is 1.93. The second kappa shape index (κ2) is 5.22. The van der Waals surface area contributed by atoms with Crippen LogP contribution in [0.1, 0.15) is 29.8 Å².